The topological polar surface area (TPSA) is 76.7 Å². The van der Waals surface area contributed by atoms with Crippen LogP contribution >= 0.6 is 0 Å². The molecule has 2 aliphatic rings. The molecule has 6 nitrogen and oxygen atoms in total. The highest BCUT2D eigenvalue weighted by Crippen LogP contribution is 2.23. The highest BCUT2D eigenvalue weighted by Gasteiger charge is 2.36. The van der Waals surface area contributed by atoms with Gasteiger partial charge in [-0.15, -0.1) is 0 Å². The summed E-state index contributed by atoms with van der Waals surface area (Å²) < 4.78 is 10.8. The molecule has 2 saturated heterocycles. The Labute approximate surface area is 135 Å². The minimum Gasteiger partial charge on any atom is -0.381 e. The van der Waals surface area contributed by atoms with Crippen LogP contribution in [0.2, 0.25) is 0 Å². The first-order valence-corrected chi connectivity index (χ1v) is 8.05. The molecule has 2 aliphatic heterocycles. The normalized spacial score (nSPS) is 25.7. The number of ether oxygens (including phenoxy) is 2. The third-order valence-electron chi connectivity index (χ3n) is 4.34. The van der Waals surface area contributed by atoms with Crippen molar-refractivity contribution >= 4 is 11.8 Å². The summed E-state index contributed by atoms with van der Waals surface area (Å²) >= 11 is 0. The van der Waals surface area contributed by atoms with Gasteiger partial charge in [-0.2, -0.15) is 0 Å². The van der Waals surface area contributed by atoms with Gasteiger partial charge < -0.3 is 20.1 Å². The number of morpholine rings is 1. The quantitative estimate of drug-likeness (QED) is 0.860. The molecule has 1 aromatic rings. The minimum atomic E-state index is -0.699. The molecule has 2 fully saturated rings. The predicted octanol–water partition coefficient (Wildman–Crippen LogP) is 0.785. The molecule has 0 bridgehead atoms. The van der Waals surface area contributed by atoms with Gasteiger partial charge in [-0.1, -0.05) is 30.3 Å². The number of carbonyl (C=O) groups is 2. The second kappa shape index (κ2) is 7.57. The van der Waals surface area contributed by atoms with Gasteiger partial charge in [-0.3, -0.25) is 9.59 Å². The Morgan fingerprint density at radius 2 is 1.96 bits per heavy atom. The molecule has 0 unspecified atom stereocenters. The van der Waals surface area contributed by atoms with Crippen molar-refractivity contribution in [1.82, 2.24) is 10.6 Å². The molecule has 0 aliphatic carbocycles. The van der Waals surface area contributed by atoms with Gasteiger partial charge in [0.15, 0.2) is 6.10 Å². The standard InChI is InChI=1S/C17H22N2O4/c20-14-11-23-16(15(19-14)13-4-2-1-3-5-13)17(21)18-10-12-6-8-22-9-7-12/h1-5,12,15-16H,6-11H2,(H,18,21)(H,19,20)/t15-,16+/m1/s1. The van der Waals surface area contributed by atoms with E-state index in [2.05, 4.69) is 10.6 Å². The lowest BCUT2D eigenvalue weighted by Gasteiger charge is -2.32. The van der Waals surface area contributed by atoms with Crippen LogP contribution in [0.5, 0.6) is 0 Å². The van der Waals surface area contributed by atoms with Gasteiger partial charge in [-0.25, -0.2) is 0 Å². The second-order valence-corrected chi connectivity index (χ2v) is 5.99. The molecule has 0 aromatic heterocycles. The van der Waals surface area contributed by atoms with E-state index in [1.165, 1.54) is 0 Å². The monoisotopic (exact) mass is 318 g/mol. The Hall–Kier alpha value is -1.92. The molecule has 2 N–H and O–H groups in total. The Balaban J connectivity index is 1.63. The fourth-order valence-electron chi connectivity index (χ4n) is 2.99. The Morgan fingerprint density at radius 3 is 2.70 bits per heavy atom. The van der Waals surface area contributed by atoms with Crippen molar-refractivity contribution in [2.24, 2.45) is 5.92 Å². The van der Waals surface area contributed by atoms with Crippen LogP contribution < -0.4 is 10.6 Å². The fraction of sp³-hybridized carbons (Fsp3) is 0.529. The minimum absolute atomic E-state index is 0.0846. The van der Waals surface area contributed by atoms with Crippen molar-refractivity contribution < 1.29 is 19.1 Å². The summed E-state index contributed by atoms with van der Waals surface area (Å²) in [5.41, 5.74) is 0.867. The van der Waals surface area contributed by atoms with E-state index in [1.54, 1.807) is 0 Å². The summed E-state index contributed by atoms with van der Waals surface area (Å²) in [5.74, 6) is 0.0683. The van der Waals surface area contributed by atoms with E-state index in [9.17, 15) is 9.59 Å². The van der Waals surface area contributed by atoms with Crippen molar-refractivity contribution in [3.63, 3.8) is 0 Å². The molecule has 1 aromatic carbocycles. The molecule has 0 spiro atoms. The lowest BCUT2D eigenvalue weighted by Crippen LogP contribution is -2.53. The van der Waals surface area contributed by atoms with E-state index in [0.717, 1.165) is 31.6 Å². The largest absolute Gasteiger partial charge is 0.381 e. The van der Waals surface area contributed by atoms with Crippen LogP contribution in [0.3, 0.4) is 0 Å². The number of benzene rings is 1. The van der Waals surface area contributed by atoms with Gasteiger partial charge in [0, 0.05) is 19.8 Å². The van der Waals surface area contributed by atoms with Crippen molar-refractivity contribution in [1.29, 1.82) is 0 Å². The summed E-state index contributed by atoms with van der Waals surface area (Å²) in [5, 5.41) is 5.82. The molecule has 0 radical (unpaired) electrons. The maximum Gasteiger partial charge on any atom is 0.251 e. The zero-order valence-corrected chi connectivity index (χ0v) is 13.0. The molecule has 6 heteroatoms. The lowest BCUT2D eigenvalue weighted by atomic mass is 9.98. The molecule has 3 rings (SSSR count). The highest BCUT2D eigenvalue weighted by molar-refractivity contribution is 5.86. The van der Waals surface area contributed by atoms with Gasteiger partial charge in [-0.05, 0) is 24.3 Å². The van der Waals surface area contributed by atoms with E-state index in [1.807, 2.05) is 30.3 Å². The predicted molar refractivity (Wildman–Crippen MR) is 83.6 cm³/mol. The van der Waals surface area contributed by atoms with Crippen molar-refractivity contribution in [2.45, 2.75) is 25.0 Å². The number of amides is 2. The SMILES string of the molecule is O=C1CO[C@H](C(=O)NCC2CCOCC2)[C@@H](c2ccccc2)N1. The van der Waals surface area contributed by atoms with Crippen LogP contribution in [0, 0.1) is 5.92 Å². The molecule has 2 heterocycles. The third kappa shape index (κ3) is 4.09. The van der Waals surface area contributed by atoms with Crippen LogP contribution in [0.1, 0.15) is 24.4 Å². The molecule has 0 saturated carbocycles. The number of hydrogen-bond acceptors (Lipinski definition) is 4. The van der Waals surface area contributed by atoms with Crippen LogP contribution in [0.15, 0.2) is 30.3 Å². The first-order valence-electron chi connectivity index (χ1n) is 8.05. The van der Waals surface area contributed by atoms with Crippen LogP contribution in [-0.2, 0) is 19.1 Å². The fourth-order valence-corrected chi connectivity index (χ4v) is 2.99. The number of rotatable bonds is 4. The van der Waals surface area contributed by atoms with Crippen LogP contribution in [0.25, 0.3) is 0 Å². The Kier molecular flexibility index (Phi) is 5.25. The molecule has 23 heavy (non-hydrogen) atoms. The number of nitrogens with one attached hydrogen (secondary N) is 2. The summed E-state index contributed by atoms with van der Waals surface area (Å²) in [4.78, 5) is 24.2. The molecular formula is C17H22N2O4. The Morgan fingerprint density at radius 1 is 1.22 bits per heavy atom. The maximum atomic E-state index is 12.5. The molecule has 124 valence electrons. The van der Waals surface area contributed by atoms with Gasteiger partial charge in [0.05, 0.1) is 6.04 Å². The van der Waals surface area contributed by atoms with E-state index in [0.29, 0.717) is 12.5 Å². The summed E-state index contributed by atoms with van der Waals surface area (Å²) in [6.45, 7) is 2.04. The van der Waals surface area contributed by atoms with Crippen molar-refractivity contribution in [2.75, 3.05) is 26.4 Å². The zero-order chi connectivity index (χ0) is 16.1. The summed E-state index contributed by atoms with van der Waals surface area (Å²) in [7, 11) is 0. The molecule has 2 amide bonds. The van der Waals surface area contributed by atoms with E-state index >= 15 is 0 Å². The molecule has 2 atom stereocenters. The van der Waals surface area contributed by atoms with E-state index in [4.69, 9.17) is 9.47 Å². The summed E-state index contributed by atoms with van der Waals surface area (Å²) in [6.07, 6.45) is 1.23. The average Bonchev–Trinajstić information content (AvgIpc) is 2.61. The zero-order valence-electron chi connectivity index (χ0n) is 13.0. The smallest absolute Gasteiger partial charge is 0.251 e. The summed E-state index contributed by atoms with van der Waals surface area (Å²) in [6, 6.07) is 8.98. The lowest BCUT2D eigenvalue weighted by molar-refractivity contribution is -0.148. The number of hydrogen-bond donors (Lipinski definition) is 2. The van der Waals surface area contributed by atoms with E-state index in [-0.39, 0.29) is 18.4 Å². The highest BCUT2D eigenvalue weighted by atomic mass is 16.5. The number of carbonyl (C=O) groups excluding carboxylic acids is 2. The van der Waals surface area contributed by atoms with E-state index < -0.39 is 12.1 Å². The van der Waals surface area contributed by atoms with Gasteiger partial charge in [0.1, 0.15) is 6.61 Å². The molecular weight excluding hydrogens is 296 g/mol. The van der Waals surface area contributed by atoms with Gasteiger partial charge >= 0.3 is 0 Å². The van der Waals surface area contributed by atoms with Gasteiger partial charge in [0.2, 0.25) is 5.91 Å². The van der Waals surface area contributed by atoms with Gasteiger partial charge in [0.25, 0.3) is 5.91 Å². The van der Waals surface area contributed by atoms with Crippen molar-refractivity contribution in [3.05, 3.63) is 35.9 Å². The second-order valence-electron chi connectivity index (χ2n) is 5.99. The average molecular weight is 318 g/mol. The maximum absolute atomic E-state index is 12.5. The van der Waals surface area contributed by atoms with Crippen LogP contribution in [-0.4, -0.2) is 44.3 Å². The van der Waals surface area contributed by atoms with Crippen LogP contribution in [0.4, 0.5) is 0 Å². The first-order chi connectivity index (χ1) is 11.2. The first kappa shape index (κ1) is 16.0. The van der Waals surface area contributed by atoms with Crippen molar-refractivity contribution in [3.8, 4) is 0 Å². The third-order valence-corrected chi connectivity index (χ3v) is 4.34. The Bertz CT molecular complexity index is 543.